The molecule has 0 aliphatic heterocycles. The third-order valence-electron chi connectivity index (χ3n) is 3.58. The van der Waals surface area contributed by atoms with Crippen LogP contribution in [0.4, 0.5) is 0 Å². The molecule has 4 fully saturated rings. The van der Waals surface area contributed by atoms with Crippen LogP contribution >= 0.6 is 11.8 Å². The van der Waals surface area contributed by atoms with Gasteiger partial charge in [0.05, 0.1) is 5.25 Å². The van der Waals surface area contributed by atoms with Crippen LogP contribution in [0.5, 0.6) is 0 Å². The average Bonchev–Trinajstić information content (AvgIpc) is 2.95. The summed E-state index contributed by atoms with van der Waals surface area (Å²) in [7, 11) is 0. The Morgan fingerprint density at radius 3 is 2.50 bits per heavy atom. The van der Waals surface area contributed by atoms with Crippen LogP contribution in [0.25, 0.3) is 0 Å². The summed E-state index contributed by atoms with van der Waals surface area (Å²) in [5, 5.41) is 0.0832. The van der Waals surface area contributed by atoms with Crippen LogP contribution < -0.4 is 0 Å². The van der Waals surface area contributed by atoms with Gasteiger partial charge in [0.1, 0.15) is 5.78 Å². The lowest BCUT2D eigenvalue weighted by Crippen LogP contribution is -2.09. The summed E-state index contributed by atoms with van der Waals surface area (Å²) in [5.41, 5.74) is 0. The first kappa shape index (κ1) is 6.67. The van der Waals surface area contributed by atoms with Crippen molar-refractivity contribution in [1.29, 1.82) is 0 Å². The molecule has 14 heavy (non-hydrogen) atoms. The zero-order chi connectivity index (χ0) is 10.2. The van der Waals surface area contributed by atoms with Gasteiger partial charge >= 0.3 is 0 Å². The van der Waals surface area contributed by atoms with Crippen LogP contribution in [0, 0.1) is 23.6 Å². The first-order valence-corrected chi connectivity index (χ1v) is 5.88. The monoisotopic (exact) mass is 203 g/mol. The molecule has 70 valence electrons. The highest BCUT2D eigenvalue weighted by molar-refractivity contribution is 8.00. The Bertz CT molecular complexity index is 460. The van der Waals surface area contributed by atoms with Crippen LogP contribution in [-0.2, 0) is 4.79 Å². The van der Waals surface area contributed by atoms with E-state index >= 15 is 0 Å². The van der Waals surface area contributed by atoms with Gasteiger partial charge in [-0.05, 0) is 29.9 Å². The maximum Gasteiger partial charge on any atom is 0.150 e. The van der Waals surface area contributed by atoms with Crippen molar-refractivity contribution in [3.8, 4) is 0 Å². The van der Waals surface area contributed by atoms with Crippen molar-refractivity contribution < 1.29 is 6.17 Å². The van der Waals surface area contributed by atoms with Gasteiger partial charge in [0.25, 0.3) is 0 Å². The second-order valence-corrected chi connectivity index (χ2v) is 5.50. The summed E-state index contributed by atoms with van der Waals surface area (Å²) in [5.74, 6) is 0.966. The molecule has 0 aromatic heterocycles. The predicted octanol–water partition coefficient (Wildman–Crippen LogP) is 2.22. The highest BCUT2D eigenvalue weighted by atomic mass is 32.2. The molecule has 1 aromatic rings. The Balaban J connectivity index is 1.59. The van der Waals surface area contributed by atoms with Crippen molar-refractivity contribution in [1.82, 2.24) is 0 Å². The molecule has 4 aliphatic rings. The summed E-state index contributed by atoms with van der Waals surface area (Å²) < 4.78 is 7.99. The van der Waals surface area contributed by atoms with E-state index < -0.39 is 0 Å². The number of thioether (sulfide) groups is 1. The first-order valence-electron chi connectivity index (χ1n) is 5.50. The topological polar surface area (TPSA) is 17.1 Å². The zero-order valence-electron chi connectivity index (χ0n) is 8.51. The fourth-order valence-electron chi connectivity index (χ4n) is 2.76. The molecule has 0 saturated heterocycles. The second-order valence-electron chi connectivity index (χ2n) is 4.28. The molecule has 5 rings (SSSR count). The van der Waals surface area contributed by atoms with Gasteiger partial charge in [0.15, 0.2) is 0 Å². The highest BCUT2D eigenvalue weighted by Crippen LogP contribution is 2.82. The minimum Gasteiger partial charge on any atom is -0.298 e. The van der Waals surface area contributed by atoms with Gasteiger partial charge in [-0.15, -0.1) is 11.8 Å². The Labute approximate surface area is 88.3 Å². The summed E-state index contributed by atoms with van der Waals surface area (Å²) in [6.07, 6.45) is 0. The number of benzene rings is 1. The van der Waals surface area contributed by atoms with Crippen molar-refractivity contribution in [3.05, 3.63) is 30.3 Å². The minimum atomic E-state index is -0.302. The van der Waals surface area contributed by atoms with Gasteiger partial charge in [-0.3, -0.25) is 4.79 Å². The molecule has 1 nitrogen and oxygen atoms in total. The molecule has 2 bridgehead atoms. The first-order chi connectivity index (χ1) is 7.24. The third kappa shape index (κ3) is 0.765. The highest BCUT2D eigenvalue weighted by Gasteiger charge is 2.84. The van der Waals surface area contributed by atoms with E-state index in [9.17, 15) is 4.79 Å². The number of hydrogen-bond acceptors (Lipinski definition) is 2. The lowest BCUT2D eigenvalue weighted by molar-refractivity contribution is -0.118. The van der Waals surface area contributed by atoms with Crippen molar-refractivity contribution in [2.24, 2.45) is 23.6 Å². The molecule has 0 amide bonds. The van der Waals surface area contributed by atoms with Crippen molar-refractivity contribution >= 4 is 17.5 Å². The van der Waals surface area contributed by atoms with E-state index in [4.69, 9.17) is 1.37 Å². The predicted molar refractivity (Wildman–Crippen MR) is 55.1 cm³/mol. The standard InChI is InChI=1S/C12H10OS/c13-11-9-7-8(9)10(7)12(11)14-6-4-2-1-3-5-6/h1-5,7-10,12H/t7-,8?,9-,10+,12+/m1/s1/i7D. The SMILES string of the molecule is [2H][C@@]12C3[C@@H]1C(=O)[C@@H](Sc1ccccc1)[C@H]32. The molecule has 4 aliphatic carbocycles. The molecular formula is C12H10OS. The zero-order valence-corrected chi connectivity index (χ0v) is 8.33. The normalized spacial score (nSPS) is 52.6. The van der Waals surface area contributed by atoms with E-state index in [0.29, 0.717) is 17.6 Å². The largest absolute Gasteiger partial charge is 0.298 e. The average molecular weight is 203 g/mol. The van der Waals surface area contributed by atoms with Gasteiger partial charge < -0.3 is 0 Å². The van der Waals surface area contributed by atoms with Crippen LogP contribution in [0.3, 0.4) is 0 Å². The molecule has 0 radical (unpaired) electrons. The van der Waals surface area contributed by atoms with Gasteiger partial charge in [0.2, 0.25) is 0 Å². The molecular weight excluding hydrogens is 192 g/mol. The smallest absolute Gasteiger partial charge is 0.150 e. The molecule has 0 N–H and O–H groups in total. The number of hydrogen-bond donors (Lipinski definition) is 0. The van der Waals surface area contributed by atoms with Gasteiger partial charge in [-0.2, -0.15) is 0 Å². The van der Waals surface area contributed by atoms with Gasteiger partial charge in [0, 0.05) is 12.2 Å². The maximum absolute atomic E-state index is 11.8. The number of carbonyl (C=O) groups is 1. The van der Waals surface area contributed by atoms with E-state index in [1.807, 2.05) is 30.3 Å². The summed E-state index contributed by atoms with van der Waals surface area (Å²) in [6, 6.07) is 10.1. The van der Waals surface area contributed by atoms with Crippen LogP contribution in [0.15, 0.2) is 35.2 Å². The number of rotatable bonds is 2. The van der Waals surface area contributed by atoms with Crippen LogP contribution in [0.2, 0.25) is 0 Å². The summed E-state index contributed by atoms with van der Waals surface area (Å²) in [6.45, 7) is 0. The van der Waals surface area contributed by atoms with Crippen LogP contribution in [0.1, 0.15) is 1.37 Å². The van der Waals surface area contributed by atoms with Crippen molar-refractivity contribution in [3.63, 3.8) is 0 Å². The molecule has 5 atom stereocenters. The van der Waals surface area contributed by atoms with Crippen LogP contribution in [-0.4, -0.2) is 11.0 Å². The van der Waals surface area contributed by atoms with Gasteiger partial charge in [-0.1, -0.05) is 18.2 Å². The summed E-state index contributed by atoms with van der Waals surface area (Å²) in [4.78, 5) is 13.0. The number of Topliss-reactive ketones (excluding diaryl/α,β-unsaturated/α-hetero) is 1. The molecule has 2 heteroatoms. The van der Waals surface area contributed by atoms with E-state index in [1.165, 1.54) is 0 Å². The van der Waals surface area contributed by atoms with Gasteiger partial charge in [-0.25, -0.2) is 0 Å². The lowest BCUT2D eigenvalue weighted by atomic mass is 10.2. The Morgan fingerprint density at radius 2 is 1.93 bits per heavy atom. The molecule has 0 spiro atoms. The third-order valence-corrected chi connectivity index (χ3v) is 4.90. The second kappa shape index (κ2) is 2.25. The Kier molecular flexibility index (Phi) is 1.07. The molecule has 1 aromatic carbocycles. The fourth-order valence-corrected chi connectivity index (χ4v) is 4.10. The Hall–Kier alpha value is -0.760. The fraction of sp³-hybridized carbons (Fsp3) is 0.417. The Morgan fingerprint density at radius 1 is 1.21 bits per heavy atom. The molecule has 1 unspecified atom stereocenters. The quantitative estimate of drug-likeness (QED) is 0.733. The number of fused-ring (bicyclic) bond motifs is 1. The number of ketones is 1. The maximum atomic E-state index is 11.8. The molecule has 4 saturated carbocycles. The van der Waals surface area contributed by atoms with Crippen molar-refractivity contribution in [2.45, 2.75) is 10.1 Å². The molecule has 0 heterocycles. The minimum absolute atomic E-state index is 0.0832. The number of carbonyl (C=O) groups excluding carboxylic acids is 1. The van der Waals surface area contributed by atoms with E-state index in [0.717, 1.165) is 4.90 Å². The van der Waals surface area contributed by atoms with Crippen molar-refractivity contribution in [2.75, 3.05) is 0 Å². The van der Waals surface area contributed by atoms with E-state index in [2.05, 4.69) is 0 Å². The summed E-state index contributed by atoms with van der Waals surface area (Å²) >= 11 is 1.66. The van der Waals surface area contributed by atoms with E-state index in [1.54, 1.807) is 11.8 Å². The lowest BCUT2D eigenvalue weighted by Gasteiger charge is -2.06. The van der Waals surface area contributed by atoms with E-state index in [-0.39, 0.29) is 17.1 Å².